The van der Waals surface area contributed by atoms with Crippen LogP contribution in [0.1, 0.15) is 13.3 Å². The molecule has 1 rings (SSSR count). The number of methoxy groups -OCH3 is 1. The zero-order chi connectivity index (χ0) is 12.7. The molecule has 4 heteroatoms. The average Bonchev–Trinajstić information content (AvgIpc) is 2.34. The highest BCUT2D eigenvalue weighted by Gasteiger charge is 2.13. The molecule has 2 unspecified atom stereocenters. The number of thioether (sulfide) groups is 1. The normalized spacial score (nSPS) is 14.6. The summed E-state index contributed by atoms with van der Waals surface area (Å²) >= 11 is 7.81. The van der Waals surface area contributed by atoms with E-state index in [9.17, 15) is 0 Å². The Balaban J connectivity index is 2.37. The van der Waals surface area contributed by atoms with Crippen molar-refractivity contribution >= 4 is 23.4 Å². The molecule has 0 saturated carbocycles. The number of halogens is 1. The molecule has 17 heavy (non-hydrogen) atoms. The van der Waals surface area contributed by atoms with Crippen LogP contribution in [0.25, 0.3) is 0 Å². The molecule has 1 aromatic rings. The predicted molar refractivity (Wildman–Crippen MR) is 75.8 cm³/mol. The first-order valence-corrected chi connectivity index (χ1v) is 7.13. The summed E-state index contributed by atoms with van der Waals surface area (Å²) in [5.41, 5.74) is 6.14. The molecular formula is C13H20ClNOS. The van der Waals surface area contributed by atoms with Gasteiger partial charge in [-0.25, -0.2) is 0 Å². The summed E-state index contributed by atoms with van der Waals surface area (Å²) in [6.45, 7) is 2.93. The van der Waals surface area contributed by atoms with E-state index in [0.29, 0.717) is 5.92 Å². The molecule has 0 fully saturated rings. The Bertz CT molecular complexity index is 335. The molecule has 2 nitrogen and oxygen atoms in total. The van der Waals surface area contributed by atoms with E-state index < -0.39 is 0 Å². The topological polar surface area (TPSA) is 35.2 Å². The Kier molecular flexibility index (Phi) is 6.97. The number of benzene rings is 1. The fourth-order valence-corrected chi connectivity index (χ4v) is 2.81. The second kappa shape index (κ2) is 7.98. The van der Waals surface area contributed by atoms with Gasteiger partial charge in [0.2, 0.25) is 0 Å². The summed E-state index contributed by atoms with van der Waals surface area (Å²) < 4.78 is 5.06. The number of hydrogen-bond donors (Lipinski definition) is 1. The van der Waals surface area contributed by atoms with Crippen molar-refractivity contribution in [1.82, 2.24) is 0 Å². The smallest absolute Gasteiger partial charge is 0.0541 e. The fraction of sp³-hybridized carbons (Fsp3) is 0.538. The predicted octanol–water partition coefficient (Wildman–Crippen LogP) is 3.43. The summed E-state index contributed by atoms with van der Waals surface area (Å²) in [7, 11) is 1.72. The Labute approximate surface area is 113 Å². The number of ether oxygens (including phenoxy) is 1. The van der Waals surface area contributed by atoms with Crippen LogP contribution in [0.2, 0.25) is 5.02 Å². The molecular weight excluding hydrogens is 254 g/mol. The zero-order valence-electron chi connectivity index (χ0n) is 10.4. The van der Waals surface area contributed by atoms with Crippen LogP contribution in [0.4, 0.5) is 0 Å². The van der Waals surface area contributed by atoms with Crippen LogP contribution < -0.4 is 5.73 Å². The molecule has 1 aromatic carbocycles. The molecule has 0 aliphatic heterocycles. The highest BCUT2D eigenvalue weighted by molar-refractivity contribution is 7.99. The minimum Gasteiger partial charge on any atom is -0.385 e. The number of hydrogen-bond acceptors (Lipinski definition) is 3. The Hall–Kier alpha value is -0.220. The molecule has 0 amide bonds. The molecule has 96 valence electrons. The summed E-state index contributed by atoms with van der Waals surface area (Å²) in [6, 6.07) is 8.04. The van der Waals surface area contributed by atoms with Crippen LogP contribution in [0.3, 0.4) is 0 Å². The van der Waals surface area contributed by atoms with Crippen molar-refractivity contribution in [2.45, 2.75) is 24.3 Å². The van der Waals surface area contributed by atoms with Crippen molar-refractivity contribution < 1.29 is 4.74 Å². The van der Waals surface area contributed by atoms with Gasteiger partial charge in [0.25, 0.3) is 0 Å². The fourth-order valence-electron chi connectivity index (χ4n) is 1.43. The monoisotopic (exact) mass is 273 g/mol. The van der Waals surface area contributed by atoms with Crippen LogP contribution in [0, 0.1) is 5.92 Å². The maximum absolute atomic E-state index is 6.14. The van der Waals surface area contributed by atoms with Gasteiger partial charge in [0.1, 0.15) is 0 Å². The van der Waals surface area contributed by atoms with Crippen molar-refractivity contribution in [1.29, 1.82) is 0 Å². The van der Waals surface area contributed by atoms with Gasteiger partial charge in [-0.3, -0.25) is 0 Å². The van der Waals surface area contributed by atoms with E-state index in [-0.39, 0.29) is 6.04 Å². The van der Waals surface area contributed by atoms with E-state index in [0.717, 1.165) is 28.7 Å². The third kappa shape index (κ3) is 5.30. The van der Waals surface area contributed by atoms with Gasteiger partial charge < -0.3 is 10.5 Å². The van der Waals surface area contributed by atoms with Gasteiger partial charge in [0.15, 0.2) is 0 Å². The molecule has 0 aliphatic carbocycles. The highest BCUT2D eigenvalue weighted by atomic mass is 35.5. The minimum absolute atomic E-state index is 0.173. The largest absolute Gasteiger partial charge is 0.385 e. The average molecular weight is 274 g/mol. The van der Waals surface area contributed by atoms with E-state index in [1.165, 1.54) is 0 Å². The third-order valence-corrected chi connectivity index (χ3v) is 4.44. The van der Waals surface area contributed by atoms with E-state index >= 15 is 0 Å². The maximum atomic E-state index is 6.14. The van der Waals surface area contributed by atoms with E-state index in [1.807, 2.05) is 24.3 Å². The summed E-state index contributed by atoms with van der Waals surface area (Å²) in [6.07, 6.45) is 1.00. The summed E-state index contributed by atoms with van der Waals surface area (Å²) in [4.78, 5) is 1.10. The van der Waals surface area contributed by atoms with Crippen LogP contribution in [0.15, 0.2) is 29.2 Å². The lowest BCUT2D eigenvalue weighted by Crippen LogP contribution is -2.31. The lowest BCUT2D eigenvalue weighted by Gasteiger charge is -2.19. The summed E-state index contributed by atoms with van der Waals surface area (Å²) in [5, 5.41) is 0.800. The molecule has 0 heterocycles. The number of rotatable bonds is 7. The van der Waals surface area contributed by atoms with Gasteiger partial charge in [0.05, 0.1) is 5.02 Å². The second-order valence-electron chi connectivity index (χ2n) is 4.16. The van der Waals surface area contributed by atoms with Crippen LogP contribution >= 0.6 is 23.4 Å². The Morgan fingerprint density at radius 1 is 1.41 bits per heavy atom. The Morgan fingerprint density at radius 2 is 2.12 bits per heavy atom. The van der Waals surface area contributed by atoms with Gasteiger partial charge in [-0.15, -0.1) is 11.8 Å². The highest BCUT2D eigenvalue weighted by Crippen LogP contribution is 2.27. The Morgan fingerprint density at radius 3 is 2.76 bits per heavy atom. The molecule has 0 bridgehead atoms. The van der Waals surface area contributed by atoms with E-state index in [2.05, 4.69) is 6.92 Å². The zero-order valence-corrected chi connectivity index (χ0v) is 11.9. The minimum atomic E-state index is 0.173. The molecule has 0 aromatic heterocycles. The lowest BCUT2D eigenvalue weighted by atomic mass is 10.0. The van der Waals surface area contributed by atoms with Gasteiger partial charge >= 0.3 is 0 Å². The quantitative estimate of drug-likeness (QED) is 0.773. The lowest BCUT2D eigenvalue weighted by molar-refractivity contribution is 0.176. The first-order chi connectivity index (χ1) is 8.15. The summed E-state index contributed by atoms with van der Waals surface area (Å²) in [5.74, 6) is 1.35. The SMILES string of the molecule is COCCC(C)C(N)CSc1ccccc1Cl. The first kappa shape index (κ1) is 14.8. The van der Waals surface area contributed by atoms with Crippen molar-refractivity contribution in [2.24, 2.45) is 11.7 Å². The molecule has 2 atom stereocenters. The number of nitrogens with two attached hydrogens (primary N) is 1. The first-order valence-electron chi connectivity index (χ1n) is 5.77. The van der Waals surface area contributed by atoms with Crippen molar-refractivity contribution in [3.63, 3.8) is 0 Å². The van der Waals surface area contributed by atoms with Crippen molar-refractivity contribution in [2.75, 3.05) is 19.5 Å². The van der Waals surface area contributed by atoms with Gasteiger partial charge in [-0.05, 0) is 24.5 Å². The van der Waals surface area contributed by atoms with E-state index in [4.69, 9.17) is 22.1 Å². The van der Waals surface area contributed by atoms with Crippen molar-refractivity contribution in [3.8, 4) is 0 Å². The van der Waals surface area contributed by atoms with Crippen LogP contribution in [-0.2, 0) is 4.74 Å². The van der Waals surface area contributed by atoms with Crippen LogP contribution in [0.5, 0.6) is 0 Å². The third-order valence-electron chi connectivity index (χ3n) is 2.78. The standard InChI is InChI=1S/C13H20ClNOS/c1-10(7-8-16-2)12(15)9-17-13-6-4-3-5-11(13)14/h3-6,10,12H,7-9,15H2,1-2H3. The van der Waals surface area contributed by atoms with Crippen molar-refractivity contribution in [3.05, 3.63) is 29.3 Å². The van der Waals surface area contributed by atoms with Gasteiger partial charge in [0, 0.05) is 30.4 Å². The van der Waals surface area contributed by atoms with Gasteiger partial charge in [-0.2, -0.15) is 0 Å². The second-order valence-corrected chi connectivity index (χ2v) is 5.63. The van der Waals surface area contributed by atoms with Gasteiger partial charge in [-0.1, -0.05) is 30.7 Å². The van der Waals surface area contributed by atoms with E-state index in [1.54, 1.807) is 18.9 Å². The molecule has 0 aliphatic rings. The molecule has 0 radical (unpaired) electrons. The molecule has 0 spiro atoms. The molecule has 2 N–H and O–H groups in total. The van der Waals surface area contributed by atoms with Crippen LogP contribution in [-0.4, -0.2) is 25.5 Å². The molecule has 0 saturated heterocycles. The maximum Gasteiger partial charge on any atom is 0.0541 e.